The Hall–Kier alpha value is -0.720. The third-order valence-corrected chi connectivity index (χ3v) is 4.16. The third-order valence-electron chi connectivity index (χ3n) is 2.12. The van der Waals surface area contributed by atoms with Crippen molar-refractivity contribution in [2.45, 2.75) is 15.5 Å². The zero-order chi connectivity index (χ0) is 17.7. The predicted molar refractivity (Wildman–Crippen MR) is 58.4 cm³/mol. The predicted octanol–water partition coefficient (Wildman–Crippen LogP) is 5.40. The number of halogens is 12. The van der Waals surface area contributed by atoms with Crippen molar-refractivity contribution >= 4 is 31.9 Å². The van der Waals surface area contributed by atoms with E-state index in [9.17, 15) is 43.9 Å². The van der Waals surface area contributed by atoms with Crippen LogP contribution in [0.15, 0.2) is 0 Å². The molecule has 126 valence electrons. The van der Waals surface area contributed by atoms with Crippen LogP contribution in [0.4, 0.5) is 43.9 Å². The molecule has 0 heterocycles. The summed E-state index contributed by atoms with van der Waals surface area (Å²) >= 11 is 2.45. The molecule has 0 saturated heterocycles. The van der Waals surface area contributed by atoms with Crippen molar-refractivity contribution in [3.63, 3.8) is 0 Å². The molecule has 1 nitrogen and oxygen atoms in total. The molecule has 0 aliphatic rings. The van der Waals surface area contributed by atoms with E-state index in [0.717, 1.165) is 0 Å². The molecular weight excluding hydrogens is 474 g/mol. The van der Waals surface area contributed by atoms with Crippen molar-refractivity contribution < 1.29 is 48.6 Å². The molecule has 0 aliphatic heterocycles. The molecule has 0 bridgehead atoms. The highest BCUT2D eigenvalue weighted by Gasteiger charge is 2.70. The first-order chi connectivity index (χ1) is 9.65. The monoisotopic (exact) mass is 472 g/mol. The lowest BCUT2D eigenvalue weighted by Crippen LogP contribution is -2.53. The molecule has 1 rings (SSSR count). The minimum Gasteiger partial charge on any atom is -0.423 e. The lowest BCUT2D eigenvalue weighted by molar-refractivity contribution is -0.264. The van der Waals surface area contributed by atoms with Gasteiger partial charge in [0.15, 0.2) is 0 Å². The van der Waals surface area contributed by atoms with Gasteiger partial charge in [0, 0.05) is 0 Å². The van der Waals surface area contributed by atoms with Gasteiger partial charge in [-0.25, -0.2) is 17.6 Å². The van der Waals surface area contributed by atoms with Crippen LogP contribution < -0.4 is 4.74 Å². The molecule has 0 spiro atoms. The van der Waals surface area contributed by atoms with Gasteiger partial charge in [-0.15, -0.1) is 0 Å². The summed E-state index contributed by atoms with van der Waals surface area (Å²) < 4.78 is 128. The lowest BCUT2D eigenvalue weighted by Gasteiger charge is -2.31. The molecule has 22 heavy (non-hydrogen) atoms. The summed E-state index contributed by atoms with van der Waals surface area (Å²) in [6.07, 6.45) is -5.74. The fraction of sp³-hybridized carbons (Fsp3) is 0.333. The van der Waals surface area contributed by atoms with E-state index in [1.54, 1.807) is 0 Å². The summed E-state index contributed by atoms with van der Waals surface area (Å²) in [6.45, 7) is 0. The first-order valence-corrected chi connectivity index (χ1v) is 6.26. The summed E-state index contributed by atoms with van der Waals surface area (Å²) in [6, 6.07) is 0. The molecule has 0 aromatic heterocycles. The largest absolute Gasteiger partial charge is 0.451 e. The first-order valence-electron chi connectivity index (χ1n) is 4.68. The summed E-state index contributed by atoms with van der Waals surface area (Å²) in [4.78, 5) is -5.03. The van der Waals surface area contributed by atoms with E-state index >= 15 is 0 Å². The fourth-order valence-corrected chi connectivity index (χ4v) is 1.34. The van der Waals surface area contributed by atoms with E-state index in [2.05, 4.69) is 4.74 Å². The van der Waals surface area contributed by atoms with Crippen molar-refractivity contribution in [2.75, 3.05) is 0 Å². The van der Waals surface area contributed by atoms with Crippen molar-refractivity contribution in [3.05, 3.63) is 29.1 Å². The van der Waals surface area contributed by atoms with Crippen molar-refractivity contribution in [3.8, 4) is 5.75 Å². The minimum atomic E-state index is -5.74. The Balaban J connectivity index is 3.43. The summed E-state index contributed by atoms with van der Waals surface area (Å²) in [5.41, 5.74) is 0. The van der Waals surface area contributed by atoms with Crippen LogP contribution in [0, 0.1) is 29.1 Å². The van der Waals surface area contributed by atoms with Gasteiger partial charge in [0.1, 0.15) is 0 Å². The molecule has 1 aromatic carbocycles. The third kappa shape index (κ3) is 3.01. The molecule has 0 aliphatic carbocycles. The Labute approximate surface area is 131 Å². The van der Waals surface area contributed by atoms with Crippen molar-refractivity contribution in [1.29, 1.82) is 0 Å². The molecule has 0 fully saturated rings. The number of rotatable bonds is 4. The van der Waals surface area contributed by atoms with Gasteiger partial charge in [-0.05, 0) is 31.9 Å². The molecule has 1 aromatic rings. The highest BCUT2D eigenvalue weighted by molar-refractivity contribution is 9.12. The first kappa shape index (κ1) is 19.3. The number of ether oxygens (including phenoxy) is 1. The van der Waals surface area contributed by atoms with Gasteiger partial charge in [0.25, 0.3) is 0 Å². The minimum absolute atomic E-state index is 1.22. The normalized spacial score (nSPS) is 15.6. The van der Waals surface area contributed by atoms with Crippen LogP contribution in [0.3, 0.4) is 0 Å². The quantitative estimate of drug-likeness (QED) is 0.246. The van der Waals surface area contributed by atoms with E-state index in [1.165, 1.54) is 31.9 Å². The van der Waals surface area contributed by atoms with E-state index < -0.39 is 50.4 Å². The highest BCUT2D eigenvalue weighted by Crippen LogP contribution is 2.52. The number of hydrogen-bond donors (Lipinski definition) is 0. The number of alkyl halides is 7. The molecule has 0 N–H and O–H groups in total. The zero-order valence-corrected chi connectivity index (χ0v) is 12.6. The second kappa shape index (κ2) is 5.73. The van der Waals surface area contributed by atoms with Crippen LogP contribution in [-0.2, 0) is 0 Å². The Bertz CT molecular complexity index is 568. The van der Waals surface area contributed by atoms with Crippen molar-refractivity contribution in [2.24, 2.45) is 0 Å². The van der Waals surface area contributed by atoms with Crippen LogP contribution in [0.1, 0.15) is 0 Å². The highest BCUT2D eigenvalue weighted by atomic mass is 79.9. The average Bonchev–Trinajstić information content (AvgIpc) is 2.37. The van der Waals surface area contributed by atoms with E-state index in [1.807, 2.05) is 0 Å². The van der Waals surface area contributed by atoms with Crippen LogP contribution in [0.25, 0.3) is 0 Å². The van der Waals surface area contributed by atoms with Gasteiger partial charge >= 0.3 is 15.5 Å². The molecular formula is C9Br2F10O. The molecule has 0 unspecified atom stereocenters. The second-order valence-corrected chi connectivity index (χ2v) is 5.68. The average molecular weight is 474 g/mol. The van der Waals surface area contributed by atoms with Crippen LogP contribution in [-0.4, -0.2) is 15.5 Å². The van der Waals surface area contributed by atoms with Gasteiger partial charge in [0.2, 0.25) is 34.8 Å². The maximum Gasteiger partial charge on any atom is 0.451 e. The Kier molecular flexibility index (Phi) is 5.03. The van der Waals surface area contributed by atoms with Gasteiger partial charge in [-0.2, -0.15) is 26.3 Å². The maximum absolute atomic E-state index is 13.3. The van der Waals surface area contributed by atoms with Crippen LogP contribution >= 0.6 is 31.9 Å². The Morgan fingerprint density at radius 3 is 1.27 bits per heavy atom. The smallest absolute Gasteiger partial charge is 0.423 e. The van der Waals surface area contributed by atoms with Crippen LogP contribution in [0.2, 0.25) is 0 Å². The second-order valence-electron chi connectivity index (χ2n) is 3.59. The number of hydrogen-bond acceptors (Lipinski definition) is 1. The maximum atomic E-state index is 13.3. The van der Waals surface area contributed by atoms with E-state index in [4.69, 9.17) is 0 Å². The van der Waals surface area contributed by atoms with Gasteiger partial charge in [-0.1, -0.05) is 0 Å². The molecule has 0 amide bonds. The van der Waals surface area contributed by atoms with E-state index in [-0.39, 0.29) is 0 Å². The summed E-state index contributed by atoms with van der Waals surface area (Å²) in [7, 11) is 0. The SMILES string of the molecule is Fc1c(F)c(F)c(OC(F)(F)[C@](F)(Br)C(F)(F)Br)c(F)c1F. The topological polar surface area (TPSA) is 9.23 Å². The molecule has 1 atom stereocenters. The lowest BCUT2D eigenvalue weighted by atomic mass is 10.2. The van der Waals surface area contributed by atoms with E-state index in [0.29, 0.717) is 0 Å². The Morgan fingerprint density at radius 1 is 0.636 bits per heavy atom. The van der Waals surface area contributed by atoms with Gasteiger partial charge in [-0.3, -0.25) is 0 Å². The summed E-state index contributed by atoms with van der Waals surface area (Å²) in [5.74, 6) is -16.5. The molecule has 0 radical (unpaired) electrons. The van der Waals surface area contributed by atoms with Crippen LogP contribution in [0.5, 0.6) is 5.75 Å². The molecule has 13 heteroatoms. The Morgan fingerprint density at radius 2 is 0.955 bits per heavy atom. The molecule has 0 saturated carbocycles. The fourth-order valence-electron chi connectivity index (χ4n) is 1.03. The van der Waals surface area contributed by atoms with Gasteiger partial charge < -0.3 is 4.74 Å². The number of benzene rings is 1. The summed E-state index contributed by atoms with van der Waals surface area (Å²) in [5, 5.41) is 0. The zero-order valence-electron chi connectivity index (χ0n) is 9.44. The standard InChI is InChI=1S/C9Br2F10O/c10-7(17,8(11,18)19)9(20,21)22-6-4(15)2(13)1(12)3(14)5(6)16/t7-/m0/s1. The van der Waals surface area contributed by atoms with Gasteiger partial charge in [0.05, 0.1) is 0 Å². The van der Waals surface area contributed by atoms with Crippen molar-refractivity contribution in [1.82, 2.24) is 0 Å².